The molecule has 0 unspecified atom stereocenters. The molecule has 0 aliphatic rings. The number of carbonyl (C=O) groups is 1. The molecule has 0 aliphatic carbocycles. The van der Waals surface area contributed by atoms with Gasteiger partial charge in [0.2, 0.25) is 0 Å². The third-order valence-electron chi connectivity index (χ3n) is 2.65. The van der Waals surface area contributed by atoms with Crippen molar-refractivity contribution in [2.45, 2.75) is 6.42 Å². The highest BCUT2D eigenvalue weighted by molar-refractivity contribution is 5.95. The van der Waals surface area contributed by atoms with Gasteiger partial charge in [-0.3, -0.25) is 25.0 Å². The Morgan fingerprint density at radius 1 is 1.14 bits per heavy atom. The molecule has 0 radical (unpaired) electrons. The maximum atomic E-state index is 11.9. The van der Waals surface area contributed by atoms with Crippen LogP contribution in [-0.2, 0) is 0 Å². The quantitative estimate of drug-likeness (QED) is 0.458. The van der Waals surface area contributed by atoms with Crippen molar-refractivity contribution in [3.63, 3.8) is 0 Å². The Kier molecular flexibility index (Phi) is 5.73. The van der Waals surface area contributed by atoms with Crippen LogP contribution in [0, 0.1) is 20.2 Å². The third kappa shape index (κ3) is 5.15. The molecule has 0 aliphatic heterocycles. The van der Waals surface area contributed by atoms with Gasteiger partial charge in [-0.2, -0.15) is 0 Å². The fourth-order valence-electron chi connectivity index (χ4n) is 1.64. The molecule has 0 atom stereocenters. The molecule has 9 nitrogen and oxygen atoms in total. The number of benzene rings is 1. The molecule has 0 aromatic heterocycles. The fourth-order valence-corrected chi connectivity index (χ4v) is 1.64. The van der Waals surface area contributed by atoms with Crippen molar-refractivity contribution in [2.75, 3.05) is 27.2 Å². The van der Waals surface area contributed by atoms with Crippen LogP contribution in [0.5, 0.6) is 0 Å². The topological polar surface area (TPSA) is 119 Å². The number of hydrogen-bond acceptors (Lipinski definition) is 6. The largest absolute Gasteiger partial charge is 0.352 e. The number of nitro benzene ring substituents is 2. The molecule has 1 rings (SSSR count). The molecule has 0 fully saturated rings. The first-order chi connectivity index (χ1) is 9.81. The molecule has 21 heavy (non-hydrogen) atoms. The highest BCUT2D eigenvalue weighted by Gasteiger charge is 2.19. The highest BCUT2D eigenvalue weighted by Crippen LogP contribution is 2.22. The summed E-state index contributed by atoms with van der Waals surface area (Å²) in [4.78, 5) is 33.7. The Labute approximate surface area is 120 Å². The lowest BCUT2D eigenvalue weighted by atomic mass is 10.1. The summed E-state index contributed by atoms with van der Waals surface area (Å²) in [7, 11) is 3.79. The fraction of sp³-hybridized carbons (Fsp3) is 0.417. The van der Waals surface area contributed by atoms with Crippen molar-refractivity contribution in [1.82, 2.24) is 10.2 Å². The minimum absolute atomic E-state index is 0.0965. The smallest absolute Gasteiger partial charge is 0.277 e. The van der Waals surface area contributed by atoms with Crippen molar-refractivity contribution >= 4 is 17.3 Å². The van der Waals surface area contributed by atoms with Gasteiger partial charge in [-0.25, -0.2) is 0 Å². The van der Waals surface area contributed by atoms with E-state index in [0.29, 0.717) is 13.0 Å². The van der Waals surface area contributed by atoms with E-state index in [-0.39, 0.29) is 5.56 Å². The van der Waals surface area contributed by atoms with Crippen molar-refractivity contribution in [2.24, 2.45) is 0 Å². The molecule has 9 heteroatoms. The summed E-state index contributed by atoms with van der Waals surface area (Å²) in [6.07, 6.45) is 0.704. The summed E-state index contributed by atoms with van der Waals surface area (Å²) >= 11 is 0. The van der Waals surface area contributed by atoms with E-state index in [1.807, 2.05) is 19.0 Å². The van der Waals surface area contributed by atoms with E-state index in [1.165, 1.54) is 0 Å². The molecule has 0 bridgehead atoms. The van der Waals surface area contributed by atoms with Crippen LogP contribution in [0.2, 0.25) is 0 Å². The van der Waals surface area contributed by atoms with Crippen LogP contribution < -0.4 is 5.32 Å². The van der Waals surface area contributed by atoms with E-state index in [0.717, 1.165) is 24.7 Å². The first-order valence-electron chi connectivity index (χ1n) is 6.18. The molecule has 1 amide bonds. The van der Waals surface area contributed by atoms with Gasteiger partial charge >= 0.3 is 0 Å². The van der Waals surface area contributed by atoms with Gasteiger partial charge in [-0.05, 0) is 27.1 Å². The van der Waals surface area contributed by atoms with E-state index in [2.05, 4.69) is 5.32 Å². The molecule has 0 heterocycles. The summed E-state index contributed by atoms with van der Waals surface area (Å²) in [6.45, 7) is 1.16. The minimum Gasteiger partial charge on any atom is -0.352 e. The number of amides is 1. The van der Waals surface area contributed by atoms with Crippen LogP contribution in [-0.4, -0.2) is 47.8 Å². The number of carbonyl (C=O) groups excluding carboxylic acids is 1. The van der Waals surface area contributed by atoms with E-state index in [4.69, 9.17) is 0 Å². The molecule has 0 spiro atoms. The van der Waals surface area contributed by atoms with E-state index in [1.54, 1.807) is 0 Å². The summed E-state index contributed by atoms with van der Waals surface area (Å²) < 4.78 is 0. The van der Waals surface area contributed by atoms with Gasteiger partial charge < -0.3 is 10.2 Å². The zero-order chi connectivity index (χ0) is 16.0. The molecule has 1 N–H and O–H groups in total. The second-order valence-corrected chi connectivity index (χ2v) is 4.67. The first-order valence-corrected chi connectivity index (χ1v) is 6.18. The minimum atomic E-state index is -0.768. The van der Waals surface area contributed by atoms with Crippen LogP contribution in [0.3, 0.4) is 0 Å². The van der Waals surface area contributed by atoms with E-state index < -0.39 is 27.1 Å². The molecule has 0 saturated carbocycles. The van der Waals surface area contributed by atoms with Crippen molar-refractivity contribution in [1.29, 1.82) is 0 Å². The molecule has 1 aromatic rings. The molecular weight excluding hydrogens is 280 g/mol. The van der Waals surface area contributed by atoms with Gasteiger partial charge in [-0.15, -0.1) is 0 Å². The maximum absolute atomic E-state index is 11.9. The third-order valence-corrected chi connectivity index (χ3v) is 2.65. The number of rotatable bonds is 7. The van der Waals surface area contributed by atoms with Crippen molar-refractivity contribution in [3.05, 3.63) is 44.0 Å². The SMILES string of the molecule is CN(C)CCCNC(=O)c1cc([N+](=O)[O-])cc([N+](=O)[O-])c1. The first kappa shape index (κ1) is 16.5. The molecular formula is C12H16N4O5. The zero-order valence-corrected chi connectivity index (χ0v) is 11.7. The predicted molar refractivity (Wildman–Crippen MR) is 75.3 cm³/mol. The molecule has 0 saturated heterocycles. The van der Waals surface area contributed by atoms with Gasteiger partial charge in [0, 0.05) is 18.7 Å². The predicted octanol–water partition coefficient (Wildman–Crippen LogP) is 1.18. The van der Waals surface area contributed by atoms with Crippen molar-refractivity contribution < 1.29 is 14.6 Å². The van der Waals surface area contributed by atoms with Crippen LogP contribution >= 0.6 is 0 Å². The normalized spacial score (nSPS) is 10.4. The number of nitrogens with zero attached hydrogens (tertiary/aromatic N) is 3. The van der Waals surface area contributed by atoms with Gasteiger partial charge in [0.15, 0.2) is 0 Å². The van der Waals surface area contributed by atoms with Crippen LogP contribution in [0.25, 0.3) is 0 Å². The van der Waals surface area contributed by atoms with Crippen LogP contribution in [0.15, 0.2) is 18.2 Å². The average molecular weight is 296 g/mol. The number of non-ortho nitro benzene ring substituents is 2. The highest BCUT2D eigenvalue weighted by atomic mass is 16.6. The number of hydrogen-bond donors (Lipinski definition) is 1. The second-order valence-electron chi connectivity index (χ2n) is 4.67. The second kappa shape index (κ2) is 7.29. The number of nitro groups is 2. The Morgan fingerprint density at radius 2 is 1.67 bits per heavy atom. The Hall–Kier alpha value is -2.55. The lowest BCUT2D eigenvalue weighted by molar-refractivity contribution is -0.394. The Bertz CT molecular complexity index is 526. The van der Waals surface area contributed by atoms with Gasteiger partial charge in [0.1, 0.15) is 0 Å². The van der Waals surface area contributed by atoms with Gasteiger partial charge in [0.05, 0.1) is 21.5 Å². The average Bonchev–Trinajstić information content (AvgIpc) is 2.42. The molecule has 114 valence electrons. The van der Waals surface area contributed by atoms with Crippen LogP contribution in [0.1, 0.15) is 16.8 Å². The Balaban J connectivity index is 2.83. The summed E-state index contributed by atoms with van der Waals surface area (Å²) in [6, 6.07) is 2.87. The van der Waals surface area contributed by atoms with Gasteiger partial charge in [0.25, 0.3) is 17.3 Å². The Morgan fingerprint density at radius 3 is 2.10 bits per heavy atom. The summed E-state index contributed by atoms with van der Waals surface area (Å²) in [5.41, 5.74) is -1.06. The zero-order valence-electron chi connectivity index (χ0n) is 11.7. The lowest BCUT2D eigenvalue weighted by Crippen LogP contribution is -2.27. The summed E-state index contributed by atoms with van der Waals surface area (Å²) in [5, 5.41) is 24.0. The maximum Gasteiger partial charge on any atom is 0.277 e. The van der Waals surface area contributed by atoms with E-state index in [9.17, 15) is 25.0 Å². The monoisotopic (exact) mass is 296 g/mol. The van der Waals surface area contributed by atoms with E-state index >= 15 is 0 Å². The summed E-state index contributed by atoms with van der Waals surface area (Å²) in [5.74, 6) is -0.569. The standard InChI is InChI=1S/C12H16N4O5/c1-14(2)5-3-4-13-12(17)9-6-10(15(18)19)8-11(7-9)16(20)21/h6-8H,3-5H2,1-2H3,(H,13,17). The lowest BCUT2D eigenvalue weighted by Gasteiger charge is -2.09. The van der Waals surface area contributed by atoms with Crippen molar-refractivity contribution in [3.8, 4) is 0 Å². The molecule has 1 aromatic carbocycles. The number of nitrogens with one attached hydrogen (secondary N) is 1. The van der Waals surface area contributed by atoms with Gasteiger partial charge in [-0.1, -0.05) is 0 Å². The van der Waals surface area contributed by atoms with Crippen LogP contribution in [0.4, 0.5) is 11.4 Å².